The first kappa shape index (κ1) is 16.7. The van der Waals surface area contributed by atoms with Crippen LogP contribution in [0.2, 0.25) is 0 Å². The largest absolute Gasteiger partial charge is 0.344 e. The topological polar surface area (TPSA) is 49.4 Å². The van der Waals surface area contributed by atoms with Crippen molar-refractivity contribution in [3.8, 4) is 0 Å². The molecule has 24 heavy (non-hydrogen) atoms. The van der Waals surface area contributed by atoms with E-state index in [0.29, 0.717) is 6.42 Å². The number of hydrogen-bond acceptors (Lipinski definition) is 3. The number of nitrogens with zero attached hydrogens (tertiary/aromatic N) is 1. The van der Waals surface area contributed by atoms with Gasteiger partial charge in [0.15, 0.2) is 0 Å². The minimum atomic E-state index is -0.0325. The highest BCUT2D eigenvalue weighted by atomic mass is 32.1. The first-order valence-electron chi connectivity index (χ1n) is 8.15. The summed E-state index contributed by atoms with van der Waals surface area (Å²) < 4.78 is 0. The van der Waals surface area contributed by atoms with Gasteiger partial charge in [0.2, 0.25) is 5.91 Å². The molecule has 1 aliphatic carbocycles. The Labute approximate surface area is 146 Å². The molecule has 1 heterocycles. The van der Waals surface area contributed by atoms with Gasteiger partial charge in [-0.05, 0) is 55.5 Å². The maximum atomic E-state index is 12.6. The molecule has 0 aliphatic heterocycles. The van der Waals surface area contributed by atoms with Crippen molar-refractivity contribution in [3.63, 3.8) is 0 Å². The first-order valence-corrected chi connectivity index (χ1v) is 8.96. The molecule has 0 fully saturated rings. The van der Waals surface area contributed by atoms with E-state index in [4.69, 9.17) is 0 Å². The van der Waals surface area contributed by atoms with Crippen LogP contribution in [0, 0.1) is 12.8 Å². The van der Waals surface area contributed by atoms with E-state index < -0.39 is 0 Å². The molecule has 0 radical (unpaired) electrons. The van der Waals surface area contributed by atoms with Gasteiger partial charge in [-0.25, -0.2) is 0 Å². The smallest absolute Gasteiger partial charge is 0.263 e. The predicted molar refractivity (Wildman–Crippen MR) is 97.7 cm³/mol. The molecule has 1 aromatic heterocycles. The van der Waals surface area contributed by atoms with Crippen LogP contribution in [0.3, 0.4) is 0 Å². The normalized spacial score (nSPS) is 16.4. The summed E-state index contributed by atoms with van der Waals surface area (Å²) in [5, 5.41) is 3.02. The number of carbonyl (C=O) groups excluding carboxylic acids is 2. The zero-order valence-electron chi connectivity index (χ0n) is 14.3. The molecule has 0 saturated carbocycles. The van der Waals surface area contributed by atoms with E-state index in [1.807, 2.05) is 37.3 Å². The summed E-state index contributed by atoms with van der Waals surface area (Å²) in [5.74, 6) is 0.0722. The molecule has 126 valence electrons. The van der Waals surface area contributed by atoms with Crippen molar-refractivity contribution < 1.29 is 9.59 Å². The molecule has 1 atom stereocenters. The standard InChI is InChI=1S/C19H22N2O2S/c1-12-5-4-6-15(9-12)20-18(22)13-7-8-16-14(10-13)11-17(24-16)19(23)21(2)3/h4-6,9,11,13H,7-8,10H2,1-3H3,(H,20,22)/t13-/m1/s1. The molecule has 0 bridgehead atoms. The first-order chi connectivity index (χ1) is 11.4. The van der Waals surface area contributed by atoms with Gasteiger partial charge in [0.1, 0.15) is 0 Å². The van der Waals surface area contributed by atoms with E-state index >= 15 is 0 Å². The lowest BCUT2D eigenvalue weighted by molar-refractivity contribution is -0.120. The Morgan fingerprint density at radius 1 is 1.25 bits per heavy atom. The van der Waals surface area contributed by atoms with Gasteiger partial charge >= 0.3 is 0 Å². The zero-order valence-corrected chi connectivity index (χ0v) is 15.1. The van der Waals surface area contributed by atoms with Crippen LogP contribution in [0.1, 0.15) is 32.1 Å². The summed E-state index contributed by atoms with van der Waals surface area (Å²) in [5.41, 5.74) is 3.13. The van der Waals surface area contributed by atoms with E-state index in [9.17, 15) is 9.59 Å². The van der Waals surface area contributed by atoms with E-state index in [1.54, 1.807) is 30.3 Å². The van der Waals surface area contributed by atoms with Gasteiger partial charge in [-0.1, -0.05) is 12.1 Å². The third kappa shape index (κ3) is 3.51. The Morgan fingerprint density at radius 2 is 2.04 bits per heavy atom. The summed E-state index contributed by atoms with van der Waals surface area (Å²) in [6, 6.07) is 9.82. The van der Waals surface area contributed by atoms with Crippen LogP contribution in [-0.2, 0) is 17.6 Å². The SMILES string of the molecule is Cc1cccc(NC(=O)[C@@H]2CCc3sc(C(=O)N(C)C)cc3C2)c1. The highest BCUT2D eigenvalue weighted by molar-refractivity contribution is 7.14. The average molecular weight is 342 g/mol. The molecular formula is C19H22N2O2S. The van der Waals surface area contributed by atoms with Crippen LogP contribution in [0.15, 0.2) is 30.3 Å². The Bertz CT molecular complexity index is 779. The van der Waals surface area contributed by atoms with E-state index in [1.165, 1.54) is 4.88 Å². The van der Waals surface area contributed by atoms with Gasteiger partial charge in [-0.2, -0.15) is 0 Å². The van der Waals surface area contributed by atoms with Gasteiger partial charge in [-0.15, -0.1) is 11.3 Å². The fraction of sp³-hybridized carbons (Fsp3) is 0.368. The second-order valence-electron chi connectivity index (χ2n) is 6.56. The van der Waals surface area contributed by atoms with Crippen LogP contribution in [-0.4, -0.2) is 30.8 Å². The maximum Gasteiger partial charge on any atom is 0.263 e. The van der Waals surface area contributed by atoms with Crippen molar-refractivity contribution in [1.82, 2.24) is 4.90 Å². The fourth-order valence-corrected chi connectivity index (χ4v) is 4.27. The van der Waals surface area contributed by atoms with Crippen LogP contribution in [0.25, 0.3) is 0 Å². The summed E-state index contributed by atoms with van der Waals surface area (Å²) >= 11 is 1.57. The van der Waals surface area contributed by atoms with Crippen molar-refractivity contribution in [2.45, 2.75) is 26.2 Å². The Balaban J connectivity index is 1.70. The number of nitrogens with one attached hydrogen (secondary N) is 1. The molecule has 4 nitrogen and oxygen atoms in total. The highest BCUT2D eigenvalue weighted by Gasteiger charge is 2.27. The summed E-state index contributed by atoms with van der Waals surface area (Å²) in [6.07, 6.45) is 2.41. The molecule has 3 rings (SSSR count). The number of benzene rings is 1. The quantitative estimate of drug-likeness (QED) is 0.928. The van der Waals surface area contributed by atoms with Crippen LogP contribution >= 0.6 is 11.3 Å². The fourth-order valence-electron chi connectivity index (χ4n) is 3.04. The summed E-state index contributed by atoms with van der Waals surface area (Å²) in [7, 11) is 3.53. The Hall–Kier alpha value is -2.14. The Kier molecular flexibility index (Phi) is 4.71. The van der Waals surface area contributed by atoms with Crippen LogP contribution < -0.4 is 5.32 Å². The summed E-state index contributed by atoms with van der Waals surface area (Å²) in [6.45, 7) is 2.01. The third-order valence-electron chi connectivity index (χ3n) is 4.36. The van der Waals surface area contributed by atoms with Gasteiger partial charge in [0.05, 0.1) is 4.88 Å². The molecule has 0 unspecified atom stereocenters. The molecular weight excluding hydrogens is 320 g/mol. The summed E-state index contributed by atoms with van der Waals surface area (Å²) in [4.78, 5) is 28.3. The molecule has 2 amide bonds. The minimum absolute atomic E-state index is 0.0325. The number of hydrogen-bond donors (Lipinski definition) is 1. The Morgan fingerprint density at radius 3 is 2.75 bits per heavy atom. The van der Waals surface area contributed by atoms with Gasteiger partial charge in [-0.3, -0.25) is 9.59 Å². The van der Waals surface area contributed by atoms with Gasteiger partial charge in [0.25, 0.3) is 5.91 Å². The van der Waals surface area contributed by atoms with Crippen molar-refractivity contribution >= 4 is 28.8 Å². The van der Waals surface area contributed by atoms with Gasteiger partial charge in [0, 0.05) is 30.6 Å². The molecule has 0 saturated heterocycles. The van der Waals surface area contributed by atoms with Crippen molar-refractivity contribution in [2.24, 2.45) is 5.92 Å². The second kappa shape index (κ2) is 6.77. The third-order valence-corrected chi connectivity index (χ3v) is 5.58. The monoisotopic (exact) mass is 342 g/mol. The number of aryl methyl sites for hydroxylation is 2. The number of anilines is 1. The van der Waals surface area contributed by atoms with E-state index in [-0.39, 0.29) is 17.7 Å². The molecule has 2 aromatic rings. The maximum absolute atomic E-state index is 12.6. The van der Waals surface area contributed by atoms with E-state index in [2.05, 4.69) is 5.32 Å². The van der Waals surface area contributed by atoms with Crippen molar-refractivity contribution in [3.05, 3.63) is 51.2 Å². The predicted octanol–water partition coefficient (Wildman–Crippen LogP) is 3.50. The number of thiophene rings is 1. The molecule has 0 spiro atoms. The van der Waals surface area contributed by atoms with Crippen molar-refractivity contribution in [2.75, 3.05) is 19.4 Å². The van der Waals surface area contributed by atoms with Crippen molar-refractivity contribution in [1.29, 1.82) is 0 Å². The number of carbonyl (C=O) groups is 2. The van der Waals surface area contributed by atoms with Gasteiger partial charge < -0.3 is 10.2 Å². The van der Waals surface area contributed by atoms with Crippen LogP contribution in [0.5, 0.6) is 0 Å². The average Bonchev–Trinajstić information content (AvgIpc) is 2.96. The lowest BCUT2D eigenvalue weighted by atomic mass is 9.87. The zero-order chi connectivity index (χ0) is 17.3. The number of amides is 2. The molecule has 5 heteroatoms. The lowest BCUT2D eigenvalue weighted by Crippen LogP contribution is -2.27. The number of rotatable bonds is 3. The minimum Gasteiger partial charge on any atom is -0.344 e. The van der Waals surface area contributed by atoms with Crippen LogP contribution in [0.4, 0.5) is 5.69 Å². The molecule has 1 aromatic carbocycles. The molecule has 1 N–H and O–H groups in total. The van der Waals surface area contributed by atoms with E-state index in [0.717, 1.165) is 34.5 Å². The number of fused-ring (bicyclic) bond motifs is 1. The second-order valence-corrected chi connectivity index (χ2v) is 7.69. The highest BCUT2D eigenvalue weighted by Crippen LogP contribution is 2.33. The molecule has 1 aliphatic rings. The lowest BCUT2D eigenvalue weighted by Gasteiger charge is -2.21.